The molecule has 1 aromatic carbocycles. The van der Waals surface area contributed by atoms with Gasteiger partial charge < -0.3 is 10.8 Å². The highest BCUT2D eigenvalue weighted by atomic mass is 79.9. The number of hydrogen-bond donors (Lipinski definition) is 2. The Morgan fingerprint density at radius 1 is 1.61 bits per heavy atom. The van der Waals surface area contributed by atoms with Crippen LogP contribution in [0.4, 0.5) is 5.69 Å². The molecule has 3 N–H and O–H groups in total. The first-order valence-corrected chi connectivity index (χ1v) is 6.85. The van der Waals surface area contributed by atoms with E-state index in [1.807, 2.05) is 0 Å². The van der Waals surface area contributed by atoms with Crippen LogP contribution in [0.1, 0.15) is 5.56 Å². The fraction of sp³-hybridized carbons (Fsp3) is 0.300. The van der Waals surface area contributed by atoms with Gasteiger partial charge in [0.2, 0.25) is 0 Å². The van der Waals surface area contributed by atoms with Gasteiger partial charge in [-0.3, -0.25) is 14.9 Å². The zero-order valence-corrected chi connectivity index (χ0v) is 11.6. The number of carboxylic acid groups (broad SMARTS) is 1. The molecule has 0 saturated carbocycles. The van der Waals surface area contributed by atoms with Gasteiger partial charge in [0.1, 0.15) is 6.04 Å². The molecule has 0 unspecified atom stereocenters. The molecule has 1 atom stereocenters. The number of thioether (sulfide) groups is 1. The molecule has 0 bridgehead atoms. The topological polar surface area (TPSA) is 106 Å². The van der Waals surface area contributed by atoms with Crippen LogP contribution in [0.15, 0.2) is 22.7 Å². The largest absolute Gasteiger partial charge is 0.480 e. The number of benzene rings is 1. The first-order chi connectivity index (χ1) is 8.41. The quantitative estimate of drug-likeness (QED) is 0.608. The summed E-state index contributed by atoms with van der Waals surface area (Å²) in [6.45, 7) is 0. The van der Waals surface area contributed by atoms with Crippen LogP contribution in [0, 0.1) is 10.1 Å². The van der Waals surface area contributed by atoms with E-state index in [-0.39, 0.29) is 11.4 Å². The summed E-state index contributed by atoms with van der Waals surface area (Å²) in [6.07, 6.45) is 0. The minimum absolute atomic E-state index is 0.0146. The third-order valence-corrected chi connectivity index (χ3v) is 3.72. The Labute approximate surface area is 116 Å². The van der Waals surface area contributed by atoms with Crippen molar-refractivity contribution in [1.82, 2.24) is 0 Å². The number of halogens is 1. The Kier molecular flexibility index (Phi) is 5.57. The van der Waals surface area contributed by atoms with Crippen LogP contribution in [0.2, 0.25) is 0 Å². The fourth-order valence-corrected chi connectivity index (χ4v) is 2.52. The lowest BCUT2D eigenvalue weighted by Gasteiger charge is -2.06. The highest BCUT2D eigenvalue weighted by Gasteiger charge is 2.16. The molecule has 0 aliphatic rings. The number of rotatable bonds is 6. The summed E-state index contributed by atoms with van der Waals surface area (Å²) in [5.41, 5.74) is 5.90. The molecule has 0 spiro atoms. The van der Waals surface area contributed by atoms with Crippen molar-refractivity contribution >= 4 is 39.3 Å². The second-order valence-corrected chi connectivity index (χ2v) is 5.44. The maximum absolute atomic E-state index is 10.8. The van der Waals surface area contributed by atoms with Crippen LogP contribution in [-0.4, -0.2) is 27.8 Å². The van der Waals surface area contributed by atoms with Gasteiger partial charge >= 0.3 is 5.97 Å². The lowest BCUT2D eigenvalue weighted by atomic mass is 10.2. The SMILES string of the molecule is N[C@H](CSCc1ccc(Br)cc1[N+](=O)[O-])C(=O)O. The van der Waals surface area contributed by atoms with Crippen molar-refractivity contribution in [2.45, 2.75) is 11.8 Å². The van der Waals surface area contributed by atoms with E-state index in [1.54, 1.807) is 12.1 Å². The summed E-state index contributed by atoms with van der Waals surface area (Å²) in [5, 5.41) is 19.4. The minimum Gasteiger partial charge on any atom is -0.480 e. The average Bonchev–Trinajstić information content (AvgIpc) is 2.30. The standard InChI is InChI=1S/C10H11BrN2O4S/c11-7-2-1-6(9(3-7)13(16)17)4-18-5-8(12)10(14)15/h1-3,8H,4-5,12H2,(H,14,15)/t8-/m1/s1. The summed E-state index contributed by atoms with van der Waals surface area (Å²) in [7, 11) is 0. The Balaban J connectivity index is 2.67. The Morgan fingerprint density at radius 3 is 2.83 bits per heavy atom. The summed E-state index contributed by atoms with van der Waals surface area (Å²) >= 11 is 4.42. The molecule has 0 fully saturated rings. The van der Waals surface area contributed by atoms with Gasteiger partial charge in [0.15, 0.2) is 0 Å². The van der Waals surface area contributed by atoms with Gasteiger partial charge in [-0.2, -0.15) is 11.8 Å². The molecule has 18 heavy (non-hydrogen) atoms. The zero-order chi connectivity index (χ0) is 13.7. The molecular formula is C10H11BrN2O4S. The van der Waals surface area contributed by atoms with Gasteiger partial charge in [-0.15, -0.1) is 0 Å². The van der Waals surface area contributed by atoms with E-state index in [2.05, 4.69) is 15.9 Å². The highest BCUT2D eigenvalue weighted by Crippen LogP contribution is 2.26. The van der Waals surface area contributed by atoms with Gasteiger partial charge in [-0.1, -0.05) is 22.0 Å². The molecular weight excluding hydrogens is 324 g/mol. The molecule has 0 aliphatic heterocycles. The molecule has 6 nitrogen and oxygen atoms in total. The molecule has 0 radical (unpaired) electrons. The number of carbonyl (C=O) groups is 1. The lowest BCUT2D eigenvalue weighted by Crippen LogP contribution is -2.32. The molecule has 1 aromatic rings. The van der Waals surface area contributed by atoms with E-state index in [0.717, 1.165) is 0 Å². The number of nitrogens with two attached hydrogens (primary N) is 1. The van der Waals surface area contributed by atoms with Gasteiger partial charge in [0, 0.05) is 27.6 Å². The minimum atomic E-state index is -1.08. The second-order valence-electron chi connectivity index (χ2n) is 3.49. The summed E-state index contributed by atoms with van der Waals surface area (Å²) in [6, 6.07) is 3.82. The zero-order valence-electron chi connectivity index (χ0n) is 9.21. The lowest BCUT2D eigenvalue weighted by molar-refractivity contribution is -0.385. The highest BCUT2D eigenvalue weighted by molar-refractivity contribution is 9.10. The smallest absolute Gasteiger partial charge is 0.321 e. The predicted molar refractivity (Wildman–Crippen MR) is 72.6 cm³/mol. The van der Waals surface area contributed by atoms with Crippen LogP contribution in [0.3, 0.4) is 0 Å². The van der Waals surface area contributed by atoms with E-state index < -0.39 is 16.9 Å². The van der Waals surface area contributed by atoms with Crippen molar-refractivity contribution in [3.05, 3.63) is 38.3 Å². The average molecular weight is 335 g/mol. The van der Waals surface area contributed by atoms with E-state index in [9.17, 15) is 14.9 Å². The van der Waals surface area contributed by atoms with Crippen molar-refractivity contribution in [2.24, 2.45) is 5.73 Å². The van der Waals surface area contributed by atoms with Gasteiger partial charge in [0.05, 0.1) is 4.92 Å². The molecule has 0 aliphatic carbocycles. The van der Waals surface area contributed by atoms with Crippen LogP contribution >= 0.6 is 27.7 Å². The van der Waals surface area contributed by atoms with Crippen LogP contribution in [-0.2, 0) is 10.5 Å². The summed E-state index contributed by atoms with van der Waals surface area (Å²) in [5.74, 6) is -0.513. The molecule has 0 heterocycles. The third kappa shape index (κ3) is 4.28. The predicted octanol–water partition coefficient (Wildman–Crippen LogP) is 2.00. The van der Waals surface area contributed by atoms with E-state index in [1.165, 1.54) is 17.8 Å². The Bertz CT molecular complexity index is 469. The van der Waals surface area contributed by atoms with Crippen molar-refractivity contribution in [3.63, 3.8) is 0 Å². The molecule has 98 valence electrons. The fourth-order valence-electron chi connectivity index (χ4n) is 1.20. The first kappa shape index (κ1) is 14.9. The van der Waals surface area contributed by atoms with Gasteiger partial charge in [-0.25, -0.2) is 0 Å². The number of nitrogens with zero attached hydrogens (tertiary/aromatic N) is 1. The number of carboxylic acids is 1. The van der Waals surface area contributed by atoms with Crippen LogP contribution in [0.5, 0.6) is 0 Å². The van der Waals surface area contributed by atoms with Crippen LogP contribution < -0.4 is 5.73 Å². The molecule has 8 heteroatoms. The van der Waals surface area contributed by atoms with Gasteiger partial charge in [0.25, 0.3) is 5.69 Å². The summed E-state index contributed by atoms with van der Waals surface area (Å²) < 4.78 is 0.630. The number of aliphatic carboxylic acids is 1. The Morgan fingerprint density at radius 2 is 2.28 bits per heavy atom. The second kappa shape index (κ2) is 6.72. The van der Waals surface area contributed by atoms with E-state index in [0.29, 0.717) is 15.8 Å². The molecule has 0 saturated heterocycles. The summed E-state index contributed by atoms with van der Waals surface area (Å²) in [4.78, 5) is 20.9. The normalized spacial score (nSPS) is 12.1. The van der Waals surface area contributed by atoms with Crippen molar-refractivity contribution < 1.29 is 14.8 Å². The third-order valence-electron chi connectivity index (χ3n) is 2.12. The maximum atomic E-state index is 10.8. The maximum Gasteiger partial charge on any atom is 0.321 e. The molecule has 0 amide bonds. The Hall–Kier alpha value is -1.12. The van der Waals surface area contributed by atoms with Crippen molar-refractivity contribution in [1.29, 1.82) is 0 Å². The van der Waals surface area contributed by atoms with Crippen LogP contribution in [0.25, 0.3) is 0 Å². The number of nitro groups is 1. The number of nitro benzene ring substituents is 1. The molecule has 0 aromatic heterocycles. The van der Waals surface area contributed by atoms with Crippen molar-refractivity contribution in [2.75, 3.05) is 5.75 Å². The number of hydrogen-bond acceptors (Lipinski definition) is 5. The van der Waals surface area contributed by atoms with E-state index >= 15 is 0 Å². The monoisotopic (exact) mass is 334 g/mol. The van der Waals surface area contributed by atoms with Crippen molar-refractivity contribution in [3.8, 4) is 0 Å². The van der Waals surface area contributed by atoms with E-state index in [4.69, 9.17) is 10.8 Å². The molecule has 1 rings (SSSR count). The first-order valence-electron chi connectivity index (χ1n) is 4.90. The van der Waals surface area contributed by atoms with Gasteiger partial charge in [-0.05, 0) is 6.07 Å².